The number of carbonyl (C=O) groups excluding carboxylic acids is 1. The molecule has 1 aromatic rings. The van der Waals surface area contributed by atoms with Gasteiger partial charge >= 0.3 is 5.97 Å². The first-order valence-corrected chi connectivity index (χ1v) is 6.90. The van der Waals surface area contributed by atoms with Crippen molar-refractivity contribution >= 4 is 12.2 Å². The summed E-state index contributed by atoms with van der Waals surface area (Å²) in [6.07, 6.45) is 4.49. The van der Waals surface area contributed by atoms with Crippen molar-refractivity contribution in [3.05, 3.63) is 48.0 Å². The van der Waals surface area contributed by atoms with Crippen molar-refractivity contribution < 1.29 is 24.2 Å². The summed E-state index contributed by atoms with van der Waals surface area (Å²) < 4.78 is 15.6. The lowest BCUT2D eigenvalue weighted by atomic mass is 10.2. The predicted octanol–water partition coefficient (Wildman–Crippen LogP) is 2.17. The topological polar surface area (TPSA) is 77.4 Å². The number of benzene rings is 1. The Hall–Kier alpha value is -2.18. The van der Waals surface area contributed by atoms with Crippen LogP contribution in [0.1, 0.15) is 12.0 Å². The van der Waals surface area contributed by atoms with Crippen LogP contribution in [0.5, 0.6) is 0 Å². The van der Waals surface area contributed by atoms with Gasteiger partial charge in [0.15, 0.2) is 0 Å². The molecule has 6 nitrogen and oxygen atoms in total. The van der Waals surface area contributed by atoms with Gasteiger partial charge in [-0.1, -0.05) is 41.6 Å². The van der Waals surface area contributed by atoms with Crippen molar-refractivity contribution in [2.75, 3.05) is 20.3 Å². The van der Waals surface area contributed by atoms with E-state index in [9.17, 15) is 4.79 Å². The Balaban J connectivity index is 2.39. The molecule has 120 valence electrons. The van der Waals surface area contributed by atoms with E-state index in [0.717, 1.165) is 5.56 Å². The monoisotopic (exact) mass is 307 g/mol. The number of carbonyl (C=O) groups is 1. The van der Waals surface area contributed by atoms with Crippen LogP contribution in [0.2, 0.25) is 0 Å². The summed E-state index contributed by atoms with van der Waals surface area (Å²) in [5, 5.41) is 11.2. The van der Waals surface area contributed by atoms with Crippen molar-refractivity contribution in [3.8, 4) is 0 Å². The van der Waals surface area contributed by atoms with Crippen molar-refractivity contribution in [3.63, 3.8) is 0 Å². The van der Waals surface area contributed by atoms with Gasteiger partial charge in [0, 0.05) is 6.08 Å². The average Bonchev–Trinajstić information content (AvgIpc) is 2.55. The highest BCUT2D eigenvalue weighted by molar-refractivity contribution is 5.81. The Kier molecular flexibility index (Phi) is 9.32. The van der Waals surface area contributed by atoms with Gasteiger partial charge in [0.05, 0.1) is 39.2 Å². The van der Waals surface area contributed by atoms with Gasteiger partial charge in [0.2, 0.25) is 0 Å². The maximum atomic E-state index is 11.0. The molecule has 0 heterocycles. The normalized spacial score (nSPS) is 12.8. The second-order valence-electron chi connectivity index (χ2n) is 4.42. The first kappa shape index (κ1) is 17.9. The first-order chi connectivity index (χ1) is 10.8. The molecule has 0 radical (unpaired) electrons. The third-order valence-electron chi connectivity index (χ3n) is 2.76. The van der Waals surface area contributed by atoms with Crippen LogP contribution in [-0.2, 0) is 25.6 Å². The Morgan fingerprint density at radius 3 is 2.82 bits per heavy atom. The third-order valence-corrected chi connectivity index (χ3v) is 2.76. The molecule has 0 aliphatic heterocycles. The number of ether oxygens (including phenoxy) is 3. The SMILES string of the molecule is COC(=O)/C=C/C[C@H](COCc1ccccc1)OCC=NO. The summed E-state index contributed by atoms with van der Waals surface area (Å²) in [5.41, 5.74) is 1.07. The summed E-state index contributed by atoms with van der Waals surface area (Å²) in [7, 11) is 1.32. The fourth-order valence-electron chi connectivity index (χ4n) is 1.66. The van der Waals surface area contributed by atoms with E-state index in [0.29, 0.717) is 19.6 Å². The van der Waals surface area contributed by atoms with Crippen molar-refractivity contribution in [2.45, 2.75) is 19.1 Å². The molecule has 0 amide bonds. The van der Waals surface area contributed by atoms with E-state index in [-0.39, 0.29) is 12.7 Å². The van der Waals surface area contributed by atoms with E-state index in [1.807, 2.05) is 30.3 Å². The first-order valence-electron chi connectivity index (χ1n) is 6.90. The van der Waals surface area contributed by atoms with E-state index in [1.165, 1.54) is 19.4 Å². The molecule has 22 heavy (non-hydrogen) atoms. The van der Waals surface area contributed by atoms with E-state index in [4.69, 9.17) is 14.7 Å². The molecule has 0 aliphatic rings. The van der Waals surface area contributed by atoms with Crippen LogP contribution in [0.15, 0.2) is 47.6 Å². The zero-order chi connectivity index (χ0) is 16.0. The molecule has 0 fully saturated rings. The zero-order valence-corrected chi connectivity index (χ0v) is 12.6. The Morgan fingerprint density at radius 1 is 1.36 bits per heavy atom. The minimum Gasteiger partial charge on any atom is -0.466 e. The van der Waals surface area contributed by atoms with Gasteiger partial charge in [-0.15, -0.1) is 0 Å². The molecule has 0 unspecified atom stereocenters. The van der Waals surface area contributed by atoms with Crippen molar-refractivity contribution in [1.82, 2.24) is 0 Å². The fraction of sp³-hybridized carbons (Fsp3) is 0.375. The van der Waals surface area contributed by atoms with Gasteiger partial charge in [0.25, 0.3) is 0 Å². The van der Waals surface area contributed by atoms with Gasteiger partial charge < -0.3 is 19.4 Å². The van der Waals surface area contributed by atoms with Crippen LogP contribution < -0.4 is 0 Å². The summed E-state index contributed by atoms with van der Waals surface area (Å²) in [6, 6.07) is 9.80. The Morgan fingerprint density at radius 2 is 2.14 bits per heavy atom. The van der Waals surface area contributed by atoms with Gasteiger partial charge in [-0.3, -0.25) is 0 Å². The molecule has 0 aromatic heterocycles. The molecule has 0 aliphatic carbocycles. The number of esters is 1. The fourth-order valence-corrected chi connectivity index (χ4v) is 1.66. The maximum absolute atomic E-state index is 11.0. The Bertz CT molecular complexity index is 473. The predicted molar refractivity (Wildman–Crippen MR) is 81.9 cm³/mol. The minimum atomic E-state index is -0.416. The molecular formula is C16H21NO5. The molecule has 6 heteroatoms. The highest BCUT2D eigenvalue weighted by Gasteiger charge is 2.08. The van der Waals surface area contributed by atoms with Crippen molar-refractivity contribution in [1.29, 1.82) is 0 Å². The Labute approximate surface area is 130 Å². The van der Waals surface area contributed by atoms with Crippen LogP contribution in [0.25, 0.3) is 0 Å². The van der Waals surface area contributed by atoms with Gasteiger partial charge in [-0.2, -0.15) is 0 Å². The molecule has 1 rings (SSSR count). The van der Waals surface area contributed by atoms with Gasteiger partial charge in [-0.25, -0.2) is 4.79 Å². The number of hydrogen-bond donors (Lipinski definition) is 1. The van der Waals surface area contributed by atoms with Gasteiger partial charge in [0.1, 0.15) is 0 Å². The van der Waals surface area contributed by atoms with Crippen LogP contribution in [0.3, 0.4) is 0 Å². The van der Waals surface area contributed by atoms with E-state index in [2.05, 4.69) is 9.89 Å². The second-order valence-corrected chi connectivity index (χ2v) is 4.42. The molecule has 0 bridgehead atoms. The van der Waals surface area contributed by atoms with E-state index in [1.54, 1.807) is 6.08 Å². The highest BCUT2D eigenvalue weighted by Crippen LogP contribution is 2.05. The lowest BCUT2D eigenvalue weighted by Gasteiger charge is -2.15. The summed E-state index contributed by atoms with van der Waals surface area (Å²) in [4.78, 5) is 11.0. The molecule has 1 aromatic carbocycles. The zero-order valence-electron chi connectivity index (χ0n) is 12.6. The largest absolute Gasteiger partial charge is 0.466 e. The van der Waals surface area contributed by atoms with Crippen molar-refractivity contribution in [2.24, 2.45) is 5.16 Å². The molecule has 0 spiro atoms. The van der Waals surface area contributed by atoms with Gasteiger partial charge in [-0.05, 0) is 12.0 Å². The molecule has 0 saturated carbocycles. The molecule has 1 atom stereocenters. The summed E-state index contributed by atoms with van der Waals surface area (Å²) in [5.74, 6) is -0.416. The quantitative estimate of drug-likeness (QED) is 0.236. The summed E-state index contributed by atoms with van der Waals surface area (Å²) >= 11 is 0. The summed E-state index contributed by atoms with van der Waals surface area (Å²) in [6.45, 7) is 1.01. The molecule has 1 N–H and O–H groups in total. The number of rotatable bonds is 10. The highest BCUT2D eigenvalue weighted by atomic mass is 16.5. The lowest BCUT2D eigenvalue weighted by Crippen LogP contribution is -2.20. The number of oxime groups is 1. The number of nitrogens with zero attached hydrogens (tertiary/aromatic N) is 1. The van der Waals surface area contributed by atoms with Crippen LogP contribution in [0.4, 0.5) is 0 Å². The average molecular weight is 307 g/mol. The lowest BCUT2D eigenvalue weighted by molar-refractivity contribution is -0.134. The number of hydrogen-bond acceptors (Lipinski definition) is 6. The van der Waals surface area contributed by atoms with E-state index < -0.39 is 5.97 Å². The standard InChI is InChI=1S/C16H21NO5/c1-20-16(18)9-5-8-15(22-11-10-17-19)13-21-12-14-6-3-2-4-7-14/h2-7,9-10,15,19H,8,11-13H2,1H3/b9-5+,17-10?/t15-/m1/s1. The maximum Gasteiger partial charge on any atom is 0.330 e. The number of methoxy groups -OCH3 is 1. The third kappa shape index (κ3) is 8.18. The second kappa shape index (κ2) is 11.5. The minimum absolute atomic E-state index is 0.169. The molecular weight excluding hydrogens is 286 g/mol. The van der Waals surface area contributed by atoms with Crippen LogP contribution in [0, 0.1) is 0 Å². The van der Waals surface area contributed by atoms with Crippen LogP contribution >= 0.6 is 0 Å². The van der Waals surface area contributed by atoms with Crippen LogP contribution in [-0.4, -0.2) is 43.8 Å². The molecule has 0 saturated heterocycles. The smallest absolute Gasteiger partial charge is 0.330 e. The van der Waals surface area contributed by atoms with E-state index >= 15 is 0 Å².